The second-order valence-corrected chi connectivity index (χ2v) is 7.13. The number of aryl methyl sites for hydroxylation is 3. The summed E-state index contributed by atoms with van der Waals surface area (Å²) >= 11 is 3.50. The van der Waals surface area contributed by atoms with Gasteiger partial charge in [0.15, 0.2) is 6.61 Å². The van der Waals surface area contributed by atoms with Gasteiger partial charge < -0.3 is 10.1 Å². The average molecular weight is 404 g/mol. The third kappa shape index (κ3) is 5.33. The van der Waals surface area contributed by atoms with E-state index in [9.17, 15) is 4.79 Å². The quantitative estimate of drug-likeness (QED) is 0.682. The number of nitrogens with one attached hydrogen (secondary N) is 1. The number of amides is 1. The SMILES string of the molecule is CCc1ccc(OCC(=O)N[C@@H](CC)c2ccc(C)c(C)c2)c(Br)c1. The smallest absolute Gasteiger partial charge is 0.258 e. The highest BCUT2D eigenvalue weighted by molar-refractivity contribution is 9.10. The van der Waals surface area contributed by atoms with Crippen LogP contribution in [-0.2, 0) is 11.2 Å². The van der Waals surface area contributed by atoms with Crippen LogP contribution in [0.25, 0.3) is 0 Å². The maximum absolute atomic E-state index is 12.3. The Labute approximate surface area is 158 Å². The first-order chi connectivity index (χ1) is 11.9. The van der Waals surface area contributed by atoms with E-state index < -0.39 is 0 Å². The molecule has 0 aliphatic rings. The molecule has 3 nitrogen and oxygen atoms in total. The number of hydrogen-bond donors (Lipinski definition) is 1. The Morgan fingerprint density at radius 2 is 1.88 bits per heavy atom. The summed E-state index contributed by atoms with van der Waals surface area (Å²) in [6.45, 7) is 8.36. The molecule has 4 heteroatoms. The Bertz CT molecular complexity index is 743. The van der Waals surface area contributed by atoms with Crippen LogP contribution < -0.4 is 10.1 Å². The standard InChI is InChI=1S/C21H26BrNO2/c1-5-16-8-10-20(18(22)12-16)25-13-21(24)23-19(6-2)17-9-7-14(3)15(4)11-17/h7-12,19H,5-6,13H2,1-4H3,(H,23,24)/t19-/m0/s1. The van der Waals surface area contributed by atoms with Crippen LogP contribution in [0.15, 0.2) is 40.9 Å². The molecule has 0 saturated heterocycles. The minimum absolute atomic E-state index is 0.00121. The van der Waals surface area contributed by atoms with Gasteiger partial charge in [0.2, 0.25) is 0 Å². The lowest BCUT2D eigenvalue weighted by atomic mass is 9.99. The molecule has 0 bridgehead atoms. The van der Waals surface area contributed by atoms with Gasteiger partial charge in [-0.25, -0.2) is 0 Å². The number of carbonyl (C=O) groups excluding carboxylic acids is 1. The molecule has 0 heterocycles. The van der Waals surface area contributed by atoms with Gasteiger partial charge in [0.25, 0.3) is 5.91 Å². The molecule has 1 amide bonds. The molecule has 2 aromatic carbocycles. The van der Waals surface area contributed by atoms with E-state index in [1.807, 2.05) is 18.2 Å². The maximum atomic E-state index is 12.3. The van der Waals surface area contributed by atoms with E-state index in [2.05, 4.69) is 67.1 Å². The van der Waals surface area contributed by atoms with E-state index in [1.54, 1.807) is 0 Å². The van der Waals surface area contributed by atoms with Crippen molar-refractivity contribution in [1.29, 1.82) is 0 Å². The van der Waals surface area contributed by atoms with Crippen LogP contribution >= 0.6 is 15.9 Å². The fourth-order valence-corrected chi connectivity index (χ4v) is 3.20. The van der Waals surface area contributed by atoms with Gasteiger partial charge in [-0.15, -0.1) is 0 Å². The molecule has 0 aliphatic heterocycles. The molecule has 2 aromatic rings. The zero-order valence-electron chi connectivity index (χ0n) is 15.4. The van der Waals surface area contributed by atoms with Crippen molar-refractivity contribution in [3.05, 3.63) is 63.1 Å². The van der Waals surface area contributed by atoms with Crippen LogP contribution in [0, 0.1) is 13.8 Å². The number of benzene rings is 2. The van der Waals surface area contributed by atoms with Crippen molar-refractivity contribution in [3.8, 4) is 5.75 Å². The van der Waals surface area contributed by atoms with Crippen molar-refractivity contribution >= 4 is 21.8 Å². The molecule has 0 saturated carbocycles. The number of hydrogen-bond acceptors (Lipinski definition) is 2. The van der Waals surface area contributed by atoms with Crippen molar-refractivity contribution in [3.63, 3.8) is 0 Å². The van der Waals surface area contributed by atoms with Gasteiger partial charge in [-0.3, -0.25) is 4.79 Å². The van der Waals surface area contributed by atoms with Crippen LogP contribution in [0.3, 0.4) is 0 Å². The van der Waals surface area contributed by atoms with E-state index >= 15 is 0 Å². The Balaban J connectivity index is 1.97. The highest BCUT2D eigenvalue weighted by Gasteiger charge is 2.14. The third-order valence-corrected chi connectivity index (χ3v) is 5.06. The summed E-state index contributed by atoms with van der Waals surface area (Å²) in [7, 11) is 0. The van der Waals surface area contributed by atoms with Gasteiger partial charge in [-0.2, -0.15) is 0 Å². The van der Waals surface area contributed by atoms with Gasteiger partial charge in [-0.05, 0) is 77.0 Å². The van der Waals surface area contributed by atoms with E-state index in [0.29, 0.717) is 5.75 Å². The summed E-state index contributed by atoms with van der Waals surface area (Å²) in [5, 5.41) is 3.06. The van der Waals surface area contributed by atoms with E-state index in [4.69, 9.17) is 4.74 Å². The molecule has 25 heavy (non-hydrogen) atoms. The van der Waals surface area contributed by atoms with Gasteiger partial charge in [-0.1, -0.05) is 38.1 Å². The summed E-state index contributed by atoms with van der Waals surface area (Å²) in [6.07, 6.45) is 1.80. The Kier molecular flexibility index (Phi) is 7.06. The normalized spacial score (nSPS) is 11.9. The minimum Gasteiger partial charge on any atom is -0.483 e. The topological polar surface area (TPSA) is 38.3 Å². The van der Waals surface area contributed by atoms with Crippen molar-refractivity contribution in [2.75, 3.05) is 6.61 Å². The second kappa shape index (κ2) is 9.04. The first kappa shape index (κ1) is 19.5. The molecule has 1 N–H and O–H groups in total. The van der Waals surface area contributed by atoms with Gasteiger partial charge in [0.05, 0.1) is 10.5 Å². The largest absolute Gasteiger partial charge is 0.483 e. The molecule has 0 aliphatic carbocycles. The fraction of sp³-hybridized carbons (Fsp3) is 0.381. The highest BCUT2D eigenvalue weighted by Crippen LogP contribution is 2.26. The number of ether oxygens (including phenoxy) is 1. The molecule has 134 valence electrons. The zero-order valence-corrected chi connectivity index (χ0v) is 16.9. The Morgan fingerprint density at radius 1 is 1.12 bits per heavy atom. The van der Waals surface area contributed by atoms with E-state index in [1.165, 1.54) is 16.7 Å². The summed E-state index contributed by atoms with van der Waals surface area (Å²) in [5.74, 6) is 0.572. The molecular formula is C21H26BrNO2. The van der Waals surface area contributed by atoms with Gasteiger partial charge in [0.1, 0.15) is 5.75 Å². The predicted molar refractivity (Wildman–Crippen MR) is 106 cm³/mol. The van der Waals surface area contributed by atoms with E-state index in [0.717, 1.165) is 22.9 Å². The monoisotopic (exact) mass is 403 g/mol. The summed E-state index contributed by atoms with van der Waals surface area (Å²) < 4.78 is 6.54. The molecule has 2 rings (SSSR count). The fourth-order valence-electron chi connectivity index (χ4n) is 2.66. The highest BCUT2D eigenvalue weighted by atomic mass is 79.9. The molecule has 0 radical (unpaired) electrons. The maximum Gasteiger partial charge on any atom is 0.258 e. The molecule has 1 atom stereocenters. The van der Waals surface area contributed by atoms with Crippen molar-refractivity contribution in [2.24, 2.45) is 0 Å². The van der Waals surface area contributed by atoms with Crippen LogP contribution in [-0.4, -0.2) is 12.5 Å². The Morgan fingerprint density at radius 3 is 2.48 bits per heavy atom. The molecule has 0 unspecified atom stereocenters. The van der Waals surface area contributed by atoms with Gasteiger partial charge >= 0.3 is 0 Å². The number of rotatable bonds is 7. The third-order valence-electron chi connectivity index (χ3n) is 4.44. The molecule has 0 aromatic heterocycles. The molecule has 0 spiro atoms. The summed E-state index contributed by atoms with van der Waals surface area (Å²) in [4.78, 5) is 12.3. The second-order valence-electron chi connectivity index (χ2n) is 6.28. The van der Waals surface area contributed by atoms with Crippen LogP contribution in [0.5, 0.6) is 5.75 Å². The lowest BCUT2D eigenvalue weighted by Crippen LogP contribution is -2.32. The minimum atomic E-state index is -0.114. The molecular weight excluding hydrogens is 378 g/mol. The summed E-state index contributed by atoms with van der Waals surface area (Å²) in [6, 6.07) is 12.3. The van der Waals surface area contributed by atoms with Crippen LogP contribution in [0.1, 0.15) is 48.6 Å². The average Bonchev–Trinajstić information content (AvgIpc) is 2.61. The molecule has 0 fully saturated rings. The lowest BCUT2D eigenvalue weighted by molar-refractivity contribution is -0.123. The van der Waals surface area contributed by atoms with Crippen molar-refractivity contribution in [1.82, 2.24) is 5.32 Å². The van der Waals surface area contributed by atoms with Gasteiger partial charge in [0, 0.05) is 0 Å². The zero-order chi connectivity index (χ0) is 18.4. The summed E-state index contributed by atoms with van der Waals surface area (Å²) in [5.41, 5.74) is 4.85. The predicted octanol–water partition coefficient (Wildman–Crippen LogP) is 5.27. The first-order valence-corrected chi connectivity index (χ1v) is 9.51. The number of halogens is 1. The van der Waals surface area contributed by atoms with Crippen LogP contribution in [0.4, 0.5) is 0 Å². The first-order valence-electron chi connectivity index (χ1n) is 8.72. The number of carbonyl (C=O) groups is 1. The lowest BCUT2D eigenvalue weighted by Gasteiger charge is -2.19. The van der Waals surface area contributed by atoms with Crippen LogP contribution in [0.2, 0.25) is 0 Å². The van der Waals surface area contributed by atoms with E-state index in [-0.39, 0.29) is 18.6 Å². The van der Waals surface area contributed by atoms with Crippen molar-refractivity contribution in [2.45, 2.75) is 46.6 Å². The Hall–Kier alpha value is -1.81. The van der Waals surface area contributed by atoms with Crippen molar-refractivity contribution < 1.29 is 9.53 Å².